The van der Waals surface area contributed by atoms with E-state index in [0.29, 0.717) is 0 Å². The molecule has 370 valence electrons. The highest BCUT2D eigenvalue weighted by atomic mass is 28.3. The van der Waals surface area contributed by atoms with Crippen molar-refractivity contribution in [1.29, 1.82) is 0 Å². The Labute approximate surface area is 446 Å². The summed E-state index contributed by atoms with van der Waals surface area (Å²) in [6, 6.07) is 75.1. The van der Waals surface area contributed by atoms with E-state index in [1.165, 1.54) is 121 Å². The molecule has 0 saturated carbocycles. The van der Waals surface area contributed by atoms with Gasteiger partial charge in [0.1, 0.15) is 8.07 Å². The van der Waals surface area contributed by atoms with Crippen molar-refractivity contribution < 1.29 is 0 Å². The second-order valence-electron chi connectivity index (χ2n) is 25.5. The van der Waals surface area contributed by atoms with Crippen LogP contribution in [0.4, 0.5) is 34.1 Å². The second kappa shape index (κ2) is 16.3. The predicted molar refractivity (Wildman–Crippen MR) is 326 cm³/mol. The van der Waals surface area contributed by atoms with Crippen LogP contribution in [0.3, 0.4) is 0 Å². The molecule has 0 N–H and O–H groups in total. The van der Waals surface area contributed by atoms with E-state index in [1.807, 2.05) is 0 Å². The third-order valence-electron chi connectivity index (χ3n) is 17.8. The maximum absolute atomic E-state index is 2.57. The molecule has 0 saturated heterocycles. The summed E-state index contributed by atoms with van der Waals surface area (Å²) in [5.74, 6) is 0. The first-order valence-corrected chi connectivity index (χ1v) is 30.2. The zero-order valence-corrected chi connectivity index (χ0v) is 46.9. The van der Waals surface area contributed by atoms with Gasteiger partial charge in [0.25, 0.3) is 0 Å². The van der Waals surface area contributed by atoms with Crippen LogP contribution in [0.5, 0.6) is 0 Å². The van der Waals surface area contributed by atoms with E-state index in [2.05, 4.69) is 286 Å². The van der Waals surface area contributed by atoms with Crippen molar-refractivity contribution >= 4 is 74.1 Å². The second-order valence-corrected chi connectivity index (χ2v) is 29.8. The van der Waals surface area contributed by atoms with Gasteiger partial charge in [0, 0.05) is 45.0 Å². The third-order valence-corrected chi connectivity index (χ3v) is 21.3. The van der Waals surface area contributed by atoms with Crippen molar-refractivity contribution in [3.63, 3.8) is 0 Å². The van der Waals surface area contributed by atoms with Crippen molar-refractivity contribution in [2.45, 2.75) is 104 Å². The van der Waals surface area contributed by atoms with E-state index >= 15 is 0 Å². The Balaban J connectivity index is 0.958. The van der Waals surface area contributed by atoms with Gasteiger partial charge in [-0.3, -0.25) is 0 Å². The Bertz CT molecular complexity index is 3990. The Kier molecular flexibility index (Phi) is 10.3. The van der Waals surface area contributed by atoms with Crippen molar-refractivity contribution in [1.82, 2.24) is 0 Å². The fourth-order valence-corrected chi connectivity index (χ4v) is 16.5. The average molecular weight is 989 g/mol. The Hall–Kier alpha value is -7.46. The average Bonchev–Trinajstić information content (AvgIpc) is 3.77. The van der Waals surface area contributed by atoms with Crippen LogP contribution in [0, 0.1) is 0 Å². The molecule has 10 aromatic rings. The summed E-state index contributed by atoms with van der Waals surface area (Å²) >= 11 is 0. The molecule has 0 atom stereocenters. The number of benzene rings is 10. The Morgan fingerprint density at radius 3 is 1.27 bits per heavy atom. The molecular formula is C72H68N2Si. The van der Waals surface area contributed by atoms with E-state index in [-0.39, 0.29) is 21.7 Å². The van der Waals surface area contributed by atoms with Gasteiger partial charge in [0.15, 0.2) is 0 Å². The van der Waals surface area contributed by atoms with Crippen LogP contribution < -0.4 is 20.2 Å². The van der Waals surface area contributed by atoms with Gasteiger partial charge in [-0.2, -0.15) is 0 Å². The quantitative estimate of drug-likeness (QED) is 0.121. The van der Waals surface area contributed by atoms with Gasteiger partial charge in [-0.05, 0) is 188 Å². The van der Waals surface area contributed by atoms with Crippen LogP contribution in [0.1, 0.15) is 103 Å². The van der Waals surface area contributed by atoms with Gasteiger partial charge < -0.3 is 9.80 Å². The van der Waals surface area contributed by atoms with Gasteiger partial charge in [-0.15, -0.1) is 0 Å². The molecule has 0 amide bonds. The summed E-state index contributed by atoms with van der Waals surface area (Å²) in [5, 5.41) is 8.26. The molecule has 0 radical (unpaired) electrons. The molecule has 0 bridgehead atoms. The maximum atomic E-state index is 2.57. The van der Waals surface area contributed by atoms with Crippen molar-refractivity contribution in [2.75, 3.05) is 9.80 Å². The number of anilines is 6. The molecule has 0 spiro atoms. The molecule has 75 heavy (non-hydrogen) atoms. The van der Waals surface area contributed by atoms with Gasteiger partial charge in [0.05, 0.1) is 0 Å². The first-order chi connectivity index (χ1) is 35.7. The fraction of sp³-hybridized carbons (Fsp3) is 0.222. The molecular weight excluding hydrogens is 921 g/mol. The van der Waals surface area contributed by atoms with Gasteiger partial charge in [0.2, 0.25) is 0 Å². The van der Waals surface area contributed by atoms with Crippen molar-refractivity contribution in [2.24, 2.45) is 0 Å². The normalized spacial score (nSPS) is 15.3. The number of nitrogens with zero attached hydrogens (tertiary/aromatic N) is 2. The Morgan fingerprint density at radius 2 is 0.760 bits per heavy atom. The highest BCUT2D eigenvalue weighted by Crippen LogP contribution is 2.53. The third kappa shape index (κ3) is 7.17. The highest BCUT2D eigenvalue weighted by Gasteiger charge is 2.39. The molecule has 0 fully saturated rings. The zero-order chi connectivity index (χ0) is 52.1. The minimum atomic E-state index is -2.29. The van der Waals surface area contributed by atoms with Crippen LogP contribution in [0.15, 0.2) is 194 Å². The smallest absolute Gasteiger partial charge is 0.113 e. The molecule has 1 heterocycles. The summed E-state index contributed by atoms with van der Waals surface area (Å²) < 4.78 is 0. The lowest BCUT2D eigenvalue weighted by atomic mass is 9.82. The highest BCUT2D eigenvalue weighted by molar-refractivity contribution is 7.03. The van der Waals surface area contributed by atoms with E-state index in [4.69, 9.17) is 0 Å². The molecule has 0 aromatic heterocycles. The molecule has 0 unspecified atom stereocenters. The van der Waals surface area contributed by atoms with Crippen LogP contribution in [-0.4, -0.2) is 8.07 Å². The predicted octanol–water partition coefficient (Wildman–Crippen LogP) is 18.9. The summed E-state index contributed by atoms with van der Waals surface area (Å²) in [6.45, 7) is 28.5. The van der Waals surface area contributed by atoms with Crippen LogP contribution in [0.2, 0.25) is 13.1 Å². The zero-order valence-electron chi connectivity index (χ0n) is 45.9. The summed E-state index contributed by atoms with van der Waals surface area (Å²) in [5.41, 5.74) is 23.2. The van der Waals surface area contributed by atoms with E-state index in [9.17, 15) is 0 Å². The number of hydrogen-bond donors (Lipinski definition) is 0. The summed E-state index contributed by atoms with van der Waals surface area (Å²) in [6.07, 6.45) is 0. The van der Waals surface area contributed by atoms with Crippen LogP contribution in [-0.2, 0) is 21.7 Å². The minimum Gasteiger partial charge on any atom is -0.310 e. The molecule has 3 heteroatoms. The van der Waals surface area contributed by atoms with Crippen molar-refractivity contribution in [3.8, 4) is 33.4 Å². The molecule has 3 aliphatic rings. The number of hydrogen-bond acceptors (Lipinski definition) is 2. The largest absolute Gasteiger partial charge is 0.310 e. The summed E-state index contributed by atoms with van der Waals surface area (Å²) in [7, 11) is -2.29. The van der Waals surface area contributed by atoms with E-state index in [0.717, 1.165) is 11.4 Å². The molecule has 2 aliphatic carbocycles. The first-order valence-electron chi connectivity index (χ1n) is 27.2. The van der Waals surface area contributed by atoms with Gasteiger partial charge >= 0.3 is 0 Å². The lowest BCUT2D eigenvalue weighted by molar-refractivity contribution is 0.590. The monoisotopic (exact) mass is 989 g/mol. The van der Waals surface area contributed by atoms with E-state index in [1.54, 1.807) is 0 Å². The molecule has 2 nitrogen and oxygen atoms in total. The standard InChI is InChI=1S/C72H68N2Si/c1-69(2,3)46-25-30-48(31-26-46)73(51-34-37-56-54-18-13-15-21-62(54)71(7,8)64(56)42-51)50-29-24-45-40-61-58-39-36-53(44-67(58)75(11,12)66-23-17-20-59(68(61)66)60(45)41-50)74(49-32-27-47(28-33-49)70(4,5)6)52-35-38-57-55-19-14-16-22-63(55)72(9,10)65(57)43-52/h13-44H,1-12H3. The topological polar surface area (TPSA) is 6.48 Å². The number of fused-ring (bicyclic) bond motifs is 10. The minimum absolute atomic E-state index is 0.0528. The number of rotatable bonds is 6. The molecule has 1 aliphatic heterocycles. The van der Waals surface area contributed by atoms with Crippen LogP contribution in [0.25, 0.3) is 54.9 Å². The van der Waals surface area contributed by atoms with Gasteiger partial charge in [-0.25, -0.2) is 0 Å². The van der Waals surface area contributed by atoms with Gasteiger partial charge in [-0.1, -0.05) is 198 Å². The fourth-order valence-electron chi connectivity index (χ4n) is 13.4. The maximum Gasteiger partial charge on any atom is 0.113 e. The van der Waals surface area contributed by atoms with E-state index < -0.39 is 8.07 Å². The lowest BCUT2D eigenvalue weighted by Gasteiger charge is -2.36. The lowest BCUT2D eigenvalue weighted by Crippen LogP contribution is -2.56. The summed E-state index contributed by atoms with van der Waals surface area (Å²) in [4.78, 5) is 5.00. The first kappa shape index (κ1) is 47.3. The SMILES string of the molecule is CC(C)(C)c1ccc(N(c2ccc3c(c2)C(C)(C)c2ccccc2-3)c2ccc3c(c2)[Si](C)(C)c2cccc4c2c-3cc2ccc(N(c3ccc(C(C)(C)C)cc3)c3ccc5c(c3)C(C)(C)c3ccccc3-5)cc24)cc1. The van der Waals surface area contributed by atoms with Crippen molar-refractivity contribution in [3.05, 3.63) is 228 Å². The molecule has 10 aromatic carbocycles. The van der Waals surface area contributed by atoms with Crippen LogP contribution >= 0.6 is 0 Å². The Morgan fingerprint density at radius 1 is 0.333 bits per heavy atom. The molecule has 13 rings (SSSR count).